The van der Waals surface area contributed by atoms with Crippen molar-refractivity contribution >= 4 is 22.6 Å². The zero-order chi connectivity index (χ0) is 19.7. The lowest BCUT2D eigenvalue weighted by molar-refractivity contribution is -0.122. The Bertz CT molecular complexity index is 1050. The molecule has 8 nitrogen and oxygen atoms in total. The molecule has 0 spiro atoms. The van der Waals surface area contributed by atoms with E-state index in [1.165, 1.54) is 4.57 Å². The van der Waals surface area contributed by atoms with Gasteiger partial charge in [0.15, 0.2) is 5.82 Å². The van der Waals surface area contributed by atoms with Crippen LogP contribution in [0.5, 0.6) is 0 Å². The molecule has 3 rings (SSSR count). The minimum Gasteiger partial charge on any atom is -0.353 e. The number of nitrogens with zero attached hydrogens (tertiary/aromatic N) is 5. The third kappa shape index (κ3) is 3.71. The molecule has 0 bridgehead atoms. The second-order valence-electron chi connectivity index (χ2n) is 7.16. The molecule has 1 amide bonds. The summed E-state index contributed by atoms with van der Waals surface area (Å²) in [4.78, 5) is 26.8. The number of nitrogens with one attached hydrogen (secondary N) is 1. The topological polar surface area (TPSA) is 84.5 Å². The fourth-order valence-electron chi connectivity index (χ4n) is 3.21. The monoisotopic (exact) mass is 370 g/mol. The average molecular weight is 370 g/mol. The Morgan fingerprint density at radius 2 is 2.04 bits per heavy atom. The van der Waals surface area contributed by atoms with Crippen LogP contribution in [0, 0.1) is 6.92 Å². The number of hydrogen-bond acceptors (Lipinski definition) is 5. The third-order valence-corrected chi connectivity index (χ3v) is 4.57. The summed E-state index contributed by atoms with van der Waals surface area (Å²) in [5.41, 5.74) is 1.71. The van der Waals surface area contributed by atoms with Gasteiger partial charge in [-0.2, -0.15) is 0 Å². The lowest BCUT2D eigenvalue weighted by Gasteiger charge is -2.20. The second-order valence-corrected chi connectivity index (χ2v) is 7.16. The van der Waals surface area contributed by atoms with Gasteiger partial charge in [-0.1, -0.05) is 18.6 Å². The van der Waals surface area contributed by atoms with Crippen molar-refractivity contribution in [1.82, 2.24) is 29.4 Å². The lowest BCUT2D eigenvalue weighted by Crippen LogP contribution is -2.40. The first kappa shape index (κ1) is 19.0. The highest BCUT2D eigenvalue weighted by Gasteiger charge is 2.18. The highest BCUT2D eigenvalue weighted by molar-refractivity contribution is 5.81. The zero-order valence-corrected chi connectivity index (χ0v) is 16.5. The average Bonchev–Trinajstić information content (AvgIpc) is 3.02. The number of hydrogen-bond donors (Lipinski definition) is 1. The minimum absolute atomic E-state index is 0.0199. The Balaban J connectivity index is 2.04. The first-order valence-corrected chi connectivity index (χ1v) is 9.17. The molecular formula is C19H26N6O2. The van der Waals surface area contributed by atoms with E-state index in [1.54, 1.807) is 7.05 Å². The van der Waals surface area contributed by atoms with E-state index in [1.807, 2.05) is 55.2 Å². The molecule has 3 aromatic rings. The molecular weight excluding hydrogens is 344 g/mol. The van der Waals surface area contributed by atoms with Gasteiger partial charge in [-0.05, 0) is 39.4 Å². The van der Waals surface area contributed by atoms with Crippen molar-refractivity contribution in [3.05, 3.63) is 39.9 Å². The SMILES string of the molecule is CCN(CC(=O)NC(C)C)Cc1nnc2n(C)c(=O)c3cc(C)ccc3n12. The van der Waals surface area contributed by atoms with E-state index in [0.29, 0.717) is 30.1 Å². The summed E-state index contributed by atoms with van der Waals surface area (Å²) in [7, 11) is 1.70. The van der Waals surface area contributed by atoms with Crippen LogP contribution in [-0.2, 0) is 18.4 Å². The Labute approximate surface area is 157 Å². The molecule has 2 aromatic heterocycles. The Hall–Kier alpha value is -2.74. The standard InChI is InChI=1S/C19H26N6O2/c1-6-24(11-17(26)20-12(2)3)10-16-21-22-19-23(5)18(27)14-9-13(4)7-8-15(14)25(16)19/h7-9,12H,6,10-11H2,1-5H3,(H,20,26). The van der Waals surface area contributed by atoms with Gasteiger partial charge in [0.2, 0.25) is 11.7 Å². The number of likely N-dealkylation sites (N-methyl/N-ethyl adjacent to an activating group) is 1. The first-order valence-electron chi connectivity index (χ1n) is 9.17. The van der Waals surface area contributed by atoms with Gasteiger partial charge >= 0.3 is 0 Å². The smallest absolute Gasteiger partial charge is 0.262 e. The highest BCUT2D eigenvalue weighted by atomic mass is 16.2. The quantitative estimate of drug-likeness (QED) is 0.706. The van der Waals surface area contributed by atoms with E-state index >= 15 is 0 Å². The van der Waals surface area contributed by atoms with E-state index < -0.39 is 0 Å². The molecule has 0 saturated carbocycles. The molecule has 144 valence electrons. The van der Waals surface area contributed by atoms with Crippen LogP contribution in [0.2, 0.25) is 0 Å². The van der Waals surface area contributed by atoms with Crippen molar-refractivity contribution in [3.63, 3.8) is 0 Å². The van der Waals surface area contributed by atoms with Crippen LogP contribution in [0.25, 0.3) is 16.7 Å². The van der Waals surface area contributed by atoms with Gasteiger partial charge in [0.25, 0.3) is 5.56 Å². The number of aryl methyl sites for hydroxylation is 2. The summed E-state index contributed by atoms with van der Waals surface area (Å²) in [6, 6.07) is 5.88. The van der Waals surface area contributed by atoms with Gasteiger partial charge in [0.05, 0.1) is 24.0 Å². The van der Waals surface area contributed by atoms with Crippen LogP contribution >= 0.6 is 0 Å². The molecule has 0 aliphatic heterocycles. The van der Waals surface area contributed by atoms with Gasteiger partial charge in [-0.3, -0.25) is 23.5 Å². The molecule has 0 aliphatic carbocycles. The first-order chi connectivity index (χ1) is 12.8. The van der Waals surface area contributed by atoms with E-state index in [9.17, 15) is 9.59 Å². The Morgan fingerprint density at radius 3 is 2.70 bits per heavy atom. The van der Waals surface area contributed by atoms with Crippen LogP contribution in [0.4, 0.5) is 0 Å². The van der Waals surface area contributed by atoms with Crippen LogP contribution in [0.15, 0.2) is 23.0 Å². The highest BCUT2D eigenvalue weighted by Crippen LogP contribution is 2.16. The summed E-state index contributed by atoms with van der Waals surface area (Å²) >= 11 is 0. The molecule has 1 aromatic carbocycles. The molecule has 1 N–H and O–H groups in total. The number of carbonyl (C=O) groups is 1. The largest absolute Gasteiger partial charge is 0.353 e. The molecule has 27 heavy (non-hydrogen) atoms. The molecule has 0 radical (unpaired) electrons. The van der Waals surface area contributed by atoms with E-state index in [2.05, 4.69) is 15.5 Å². The molecule has 0 unspecified atom stereocenters. The molecule has 0 atom stereocenters. The van der Waals surface area contributed by atoms with Gasteiger partial charge in [0, 0.05) is 13.1 Å². The number of amides is 1. The van der Waals surface area contributed by atoms with Crippen molar-refractivity contribution < 1.29 is 4.79 Å². The molecule has 8 heteroatoms. The minimum atomic E-state index is -0.0937. The molecule has 0 aliphatic rings. The predicted octanol–water partition coefficient (Wildman–Crippen LogP) is 1.24. The maximum absolute atomic E-state index is 12.6. The van der Waals surface area contributed by atoms with Crippen molar-refractivity contribution in [3.8, 4) is 0 Å². The summed E-state index contributed by atoms with van der Waals surface area (Å²) < 4.78 is 3.42. The van der Waals surface area contributed by atoms with Crippen molar-refractivity contribution in [2.24, 2.45) is 7.05 Å². The summed E-state index contributed by atoms with van der Waals surface area (Å²) in [6.07, 6.45) is 0. The summed E-state index contributed by atoms with van der Waals surface area (Å²) in [5, 5.41) is 12.1. The number of carbonyl (C=O) groups excluding carboxylic acids is 1. The fraction of sp³-hybridized carbons (Fsp3) is 0.474. The fourth-order valence-corrected chi connectivity index (χ4v) is 3.21. The maximum Gasteiger partial charge on any atom is 0.262 e. The van der Waals surface area contributed by atoms with Crippen LogP contribution in [-0.4, -0.2) is 49.1 Å². The number of benzene rings is 1. The van der Waals surface area contributed by atoms with Crippen molar-refractivity contribution in [2.45, 2.75) is 40.3 Å². The van der Waals surface area contributed by atoms with Crippen molar-refractivity contribution in [2.75, 3.05) is 13.1 Å². The molecule has 2 heterocycles. The van der Waals surface area contributed by atoms with Crippen LogP contribution in [0.1, 0.15) is 32.2 Å². The van der Waals surface area contributed by atoms with Crippen molar-refractivity contribution in [1.29, 1.82) is 0 Å². The van der Waals surface area contributed by atoms with Crippen LogP contribution in [0.3, 0.4) is 0 Å². The number of rotatable bonds is 6. The molecule has 0 fully saturated rings. The predicted molar refractivity (Wildman–Crippen MR) is 105 cm³/mol. The van der Waals surface area contributed by atoms with E-state index in [4.69, 9.17) is 0 Å². The normalized spacial score (nSPS) is 11.8. The Kier molecular flexibility index (Phi) is 5.27. The summed E-state index contributed by atoms with van der Waals surface area (Å²) in [5.74, 6) is 1.18. The van der Waals surface area contributed by atoms with Crippen LogP contribution < -0.4 is 10.9 Å². The maximum atomic E-state index is 12.6. The third-order valence-electron chi connectivity index (χ3n) is 4.57. The molecule has 0 saturated heterocycles. The Morgan fingerprint density at radius 1 is 1.30 bits per heavy atom. The van der Waals surface area contributed by atoms with E-state index in [-0.39, 0.29) is 24.1 Å². The van der Waals surface area contributed by atoms with Gasteiger partial charge in [-0.25, -0.2) is 0 Å². The second kappa shape index (κ2) is 7.48. The lowest BCUT2D eigenvalue weighted by atomic mass is 10.1. The van der Waals surface area contributed by atoms with Gasteiger partial charge in [-0.15, -0.1) is 10.2 Å². The summed E-state index contributed by atoms with van der Waals surface area (Å²) in [6.45, 7) is 9.29. The van der Waals surface area contributed by atoms with Gasteiger partial charge < -0.3 is 5.32 Å². The number of aromatic nitrogens is 4. The van der Waals surface area contributed by atoms with Gasteiger partial charge in [0.1, 0.15) is 0 Å². The van der Waals surface area contributed by atoms with E-state index in [0.717, 1.165) is 11.1 Å². The zero-order valence-electron chi connectivity index (χ0n) is 16.5. The number of fused-ring (bicyclic) bond motifs is 3.